The number of alkyl halides is 4. The van der Waals surface area contributed by atoms with Crippen LogP contribution in [0.25, 0.3) is 0 Å². The zero-order chi connectivity index (χ0) is 25.5. The molecule has 2 N–H and O–H groups in total. The monoisotopic (exact) mass is 522 g/mol. The summed E-state index contributed by atoms with van der Waals surface area (Å²) in [7, 11) is 0. The van der Waals surface area contributed by atoms with Gasteiger partial charge in [-0.05, 0) is 49.9 Å². The molecule has 1 saturated carbocycles. The number of aromatic nitrogens is 3. The number of anilines is 4. The lowest BCUT2D eigenvalue weighted by molar-refractivity contribution is -0.150. The van der Waals surface area contributed by atoms with E-state index >= 15 is 0 Å². The maximum absolute atomic E-state index is 14.9. The van der Waals surface area contributed by atoms with Crippen molar-refractivity contribution in [1.29, 1.82) is 0 Å². The molecule has 3 heterocycles. The van der Waals surface area contributed by atoms with Crippen LogP contribution < -0.4 is 20.3 Å². The van der Waals surface area contributed by atoms with Crippen LogP contribution in [0.2, 0.25) is 0 Å². The average molecular weight is 523 g/mol. The van der Waals surface area contributed by atoms with Gasteiger partial charge in [-0.25, -0.2) is 9.37 Å². The van der Waals surface area contributed by atoms with E-state index in [1.165, 1.54) is 35.6 Å². The summed E-state index contributed by atoms with van der Waals surface area (Å²) in [5.74, 6) is 0.171. The van der Waals surface area contributed by atoms with Crippen molar-refractivity contribution in [3.8, 4) is 11.8 Å². The number of carbonyl (C=O) groups is 1. The number of hydrogen-bond acceptors (Lipinski definition) is 8. The largest absolute Gasteiger partial charge is 0.424 e. The standard InChI is InChI=1S/C23H22F4N6O2S/c1-13-10-28-21(36-13)31-17-8-18(33-11-22(24,12-33)14-2-3-14)32-20(30-17)35-16-6-4-15(5-7-16)29-19(34)9-23(25,26)27/h4-8,10,14H,2-3,9,11-12H2,1H3,(H,29,34)(H,28,30,31,32). The molecule has 2 aromatic heterocycles. The summed E-state index contributed by atoms with van der Waals surface area (Å²) in [6, 6.07) is 7.47. The first-order valence-electron chi connectivity index (χ1n) is 11.2. The van der Waals surface area contributed by atoms with Crippen LogP contribution in [0.3, 0.4) is 0 Å². The summed E-state index contributed by atoms with van der Waals surface area (Å²) in [5, 5.41) is 5.93. The molecule has 8 nitrogen and oxygen atoms in total. The summed E-state index contributed by atoms with van der Waals surface area (Å²) in [5.41, 5.74) is -1.01. The highest BCUT2D eigenvalue weighted by Crippen LogP contribution is 2.48. The van der Waals surface area contributed by atoms with Crippen LogP contribution in [0.5, 0.6) is 11.8 Å². The molecule has 0 radical (unpaired) electrons. The highest BCUT2D eigenvalue weighted by Gasteiger charge is 2.54. The number of carbonyl (C=O) groups excluding carboxylic acids is 1. The maximum atomic E-state index is 14.9. The van der Waals surface area contributed by atoms with Gasteiger partial charge in [-0.2, -0.15) is 23.1 Å². The third-order valence-corrected chi connectivity index (χ3v) is 6.63. The SMILES string of the molecule is Cc1cnc(Nc2cc(N3CC(F)(C4CC4)C3)nc(Oc3ccc(NC(=O)CC(F)(F)F)cc3)n2)s1. The molecule has 2 fully saturated rings. The van der Waals surface area contributed by atoms with E-state index in [0.717, 1.165) is 17.7 Å². The van der Waals surface area contributed by atoms with Gasteiger partial charge in [-0.3, -0.25) is 4.79 Å². The molecule has 1 amide bonds. The lowest BCUT2D eigenvalue weighted by Gasteiger charge is -2.45. The molecule has 1 aromatic carbocycles. The van der Waals surface area contributed by atoms with E-state index in [1.54, 1.807) is 12.3 Å². The normalized spacial score (nSPS) is 16.9. The minimum atomic E-state index is -4.59. The molecule has 2 aliphatic rings. The van der Waals surface area contributed by atoms with Crippen LogP contribution in [0.4, 0.5) is 40.0 Å². The van der Waals surface area contributed by atoms with Gasteiger partial charge >= 0.3 is 12.2 Å². The zero-order valence-electron chi connectivity index (χ0n) is 19.1. The highest BCUT2D eigenvalue weighted by atomic mass is 32.1. The summed E-state index contributed by atoms with van der Waals surface area (Å²) in [4.78, 5) is 27.4. The van der Waals surface area contributed by atoms with Crippen LogP contribution in [0.1, 0.15) is 24.1 Å². The van der Waals surface area contributed by atoms with Crippen molar-refractivity contribution < 1.29 is 27.1 Å². The van der Waals surface area contributed by atoms with Crippen molar-refractivity contribution in [3.05, 3.63) is 41.4 Å². The first-order valence-corrected chi connectivity index (χ1v) is 12.0. The van der Waals surface area contributed by atoms with E-state index in [-0.39, 0.29) is 30.7 Å². The highest BCUT2D eigenvalue weighted by molar-refractivity contribution is 7.15. The van der Waals surface area contributed by atoms with E-state index in [2.05, 4.69) is 25.6 Å². The number of rotatable bonds is 8. The second-order valence-electron chi connectivity index (χ2n) is 8.93. The van der Waals surface area contributed by atoms with Crippen LogP contribution in [-0.4, -0.2) is 45.8 Å². The van der Waals surface area contributed by atoms with Gasteiger partial charge in [-0.15, -0.1) is 11.3 Å². The first-order chi connectivity index (χ1) is 17.0. The van der Waals surface area contributed by atoms with E-state index in [9.17, 15) is 22.4 Å². The Labute approximate surface area is 207 Å². The van der Waals surface area contributed by atoms with Crippen molar-refractivity contribution in [2.45, 2.75) is 38.0 Å². The first kappa shape index (κ1) is 24.2. The molecule has 1 saturated heterocycles. The Morgan fingerprint density at radius 3 is 2.56 bits per heavy atom. The predicted molar refractivity (Wildman–Crippen MR) is 127 cm³/mol. The minimum Gasteiger partial charge on any atom is -0.424 e. The second-order valence-corrected chi connectivity index (χ2v) is 10.2. The fourth-order valence-corrected chi connectivity index (χ4v) is 4.59. The quantitative estimate of drug-likeness (QED) is 0.372. The number of nitrogens with zero attached hydrogens (tertiary/aromatic N) is 4. The Morgan fingerprint density at radius 2 is 1.94 bits per heavy atom. The smallest absolute Gasteiger partial charge is 0.397 e. The van der Waals surface area contributed by atoms with E-state index < -0.39 is 24.2 Å². The number of benzene rings is 1. The maximum Gasteiger partial charge on any atom is 0.397 e. The fraction of sp³-hybridized carbons (Fsp3) is 0.391. The molecule has 190 valence electrons. The fourth-order valence-electron chi connectivity index (χ4n) is 3.91. The van der Waals surface area contributed by atoms with E-state index in [1.807, 2.05) is 11.8 Å². The number of nitrogens with one attached hydrogen (secondary N) is 2. The molecule has 1 aliphatic carbocycles. The lowest BCUT2D eigenvalue weighted by atomic mass is 9.91. The van der Waals surface area contributed by atoms with Crippen molar-refractivity contribution in [1.82, 2.24) is 15.0 Å². The van der Waals surface area contributed by atoms with Crippen molar-refractivity contribution in [3.63, 3.8) is 0 Å². The molecule has 13 heteroatoms. The zero-order valence-corrected chi connectivity index (χ0v) is 19.9. The van der Waals surface area contributed by atoms with Gasteiger partial charge in [0.15, 0.2) is 5.13 Å². The Hall–Kier alpha value is -3.48. The third-order valence-electron chi connectivity index (χ3n) is 5.80. The van der Waals surface area contributed by atoms with Gasteiger partial charge in [0.2, 0.25) is 5.91 Å². The third kappa shape index (κ3) is 5.83. The molecule has 0 bridgehead atoms. The van der Waals surface area contributed by atoms with Gasteiger partial charge in [0.25, 0.3) is 0 Å². The van der Waals surface area contributed by atoms with E-state index in [0.29, 0.717) is 22.5 Å². The molecule has 3 aromatic rings. The molecule has 5 rings (SSSR count). The van der Waals surface area contributed by atoms with Gasteiger partial charge in [-0.1, -0.05) is 0 Å². The number of halogens is 4. The molecule has 36 heavy (non-hydrogen) atoms. The Bertz CT molecular complexity index is 1260. The molecule has 1 aliphatic heterocycles. The van der Waals surface area contributed by atoms with Crippen molar-refractivity contribution >= 4 is 39.7 Å². The van der Waals surface area contributed by atoms with E-state index in [4.69, 9.17) is 4.74 Å². The molecule has 0 spiro atoms. The molecule has 0 unspecified atom stereocenters. The summed E-state index contributed by atoms with van der Waals surface area (Å²) in [6.07, 6.45) is -2.62. The minimum absolute atomic E-state index is 0.0000786. The van der Waals surface area contributed by atoms with Crippen molar-refractivity contribution in [2.75, 3.05) is 28.6 Å². The summed E-state index contributed by atoms with van der Waals surface area (Å²) in [6.45, 7) is 2.42. The van der Waals surface area contributed by atoms with Crippen LogP contribution in [0, 0.1) is 12.8 Å². The number of ether oxygens (including phenoxy) is 1. The predicted octanol–water partition coefficient (Wildman–Crippen LogP) is 5.61. The van der Waals surface area contributed by atoms with Gasteiger partial charge in [0.05, 0.1) is 13.1 Å². The lowest BCUT2D eigenvalue weighted by Crippen LogP contribution is -2.60. The molecule has 0 atom stereocenters. The Kier molecular flexibility index (Phi) is 6.18. The Balaban J connectivity index is 1.31. The summed E-state index contributed by atoms with van der Waals surface area (Å²) < 4.78 is 57.8. The van der Waals surface area contributed by atoms with Crippen LogP contribution in [-0.2, 0) is 4.79 Å². The van der Waals surface area contributed by atoms with Gasteiger partial charge in [0, 0.05) is 22.8 Å². The van der Waals surface area contributed by atoms with Gasteiger partial charge in [0.1, 0.15) is 29.5 Å². The Morgan fingerprint density at radius 1 is 1.22 bits per heavy atom. The van der Waals surface area contributed by atoms with Crippen LogP contribution >= 0.6 is 11.3 Å². The second kappa shape index (κ2) is 9.19. The number of amides is 1. The molecular weight excluding hydrogens is 500 g/mol. The molecular formula is C23H22F4N6O2S. The number of aryl methyl sites for hydroxylation is 1. The van der Waals surface area contributed by atoms with Gasteiger partial charge < -0.3 is 20.3 Å². The number of hydrogen-bond donors (Lipinski definition) is 2. The summed E-state index contributed by atoms with van der Waals surface area (Å²) >= 11 is 1.45. The van der Waals surface area contributed by atoms with Crippen molar-refractivity contribution in [2.24, 2.45) is 5.92 Å². The average Bonchev–Trinajstić information content (AvgIpc) is 3.54. The number of thiazole rings is 1. The van der Waals surface area contributed by atoms with Crippen LogP contribution in [0.15, 0.2) is 36.5 Å². The topological polar surface area (TPSA) is 92.3 Å².